The second kappa shape index (κ2) is 7.08. The van der Waals surface area contributed by atoms with E-state index in [-0.39, 0.29) is 50.3 Å². The maximum Gasteiger partial charge on any atom is 0.258 e. The Labute approximate surface area is 127 Å². The minimum absolute atomic E-state index is 0.135. The van der Waals surface area contributed by atoms with Crippen molar-refractivity contribution in [3.8, 4) is 5.75 Å². The molecular weight excluding hydrogens is 296 g/mol. The summed E-state index contributed by atoms with van der Waals surface area (Å²) in [5, 5.41) is 3.19. The zero-order valence-corrected chi connectivity index (χ0v) is 12.1. The normalized spacial score (nSPS) is 14.4. The van der Waals surface area contributed by atoms with E-state index in [1.165, 1.54) is 4.90 Å². The quantitative estimate of drug-likeness (QED) is 0.795. The Morgan fingerprint density at radius 2 is 1.81 bits per heavy atom. The van der Waals surface area contributed by atoms with Crippen molar-refractivity contribution >= 4 is 29.3 Å². The summed E-state index contributed by atoms with van der Waals surface area (Å²) in [7, 11) is 0. The van der Waals surface area contributed by atoms with Gasteiger partial charge in [-0.3, -0.25) is 19.3 Å². The van der Waals surface area contributed by atoms with Crippen LogP contribution in [0.1, 0.15) is 12.8 Å². The van der Waals surface area contributed by atoms with E-state index in [4.69, 9.17) is 16.3 Å². The van der Waals surface area contributed by atoms with Crippen LogP contribution >= 0.6 is 11.6 Å². The van der Waals surface area contributed by atoms with Gasteiger partial charge in [-0.2, -0.15) is 0 Å². The van der Waals surface area contributed by atoms with Crippen LogP contribution in [-0.2, 0) is 14.4 Å². The molecule has 0 aliphatic carbocycles. The Hall–Kier alpha value is -2.08. The van der Waals surface area contributed by atoms with Crippen molar-refractivity contribution in [2.75, 3.05) is 19.7 Å². The van der Waals surface area contributed by atoms with Crippen LogP contribution in [0.15, 0.2) is 24.3 Å². The number of likely N-dealkylation sites (tertiary alicyclic amines) is 1. The monoisotopic (exact) mass is 310 g/mol. The standard InChI is InChI=1S/C14H15ClN2O4/c15-10-1-3-11(4-2-10)21-9-12(18)16-7-8-17-13(19)5-6-14(17)20/h1-4H,5-9H2,(H,16,18). The number of nitrogens with zero attached hydrogens (tertiary/aromatic N) is 1. The lowest BCUT2D eigenvalue weighted by Gasteiger charge is -2.14. The van der Waals surface area contributed by atoms with E-state index < -0.39 is 0 Å². The molecule has 112 valence electrons. The number of hydrogen-bond donors (Lipinski definition) is 1. The first-order valence-corrected chi connectivity index (χ1v) is 6.92. The third-order valence-electron chi connectivity index (χ3n) is 3.00. The molecule has 21 heavy (non-hydrogen) atoms. The van der Waals surface area contributed by atoms with E-state index in [9.17, 15) is 14.4 Å². The van der Waals surface area contributed by atoms with Gasteiger partial charge in [-0.25, -0.2) is 0 Å². The van der Waals surface area contributed by atoms with Crippen molar-refractivity contribution in [2.24, 2.45) is 0 Å². The van der Waals surface area contributed by atoms with Gasteiger partial charge in [0, 0.05) is 31.0 Å². The highest BCUT2D eigenvalue weighted by molar-refractivity contribution is 6.30. The summed E-state index contributed by atoms with van der Waals surface area (Å²) in [5.41, 5.74) is 0. The third-order valence-corrected chi connectivity index (χ3v) is 3.25. The van der Waals surface area contributed by atoms with E-state index in [1.807, 2.05) is 0 Å². The first-order valence-electron chi connectivity index (χ1n) is 6.54. The van der Waals surface area contributed by atoms with Crippen molar-refractivity contribution in [3.63, 3.8) is 0 Å². The van der Waals surface area contributed by atoms with Crippen LogP contribution in [-0.4, -0.2) is 42.3 Å². The largest absolute Gasteiger partial charge is 0.484 e. The fraction of sp³-hybridized carbons (Fsp3) is 0.357. The number of imide groups is 1. The molecule has 1 aliphatic rings. The molecule has 1 aliphatic heterocycles. The highest BCUT2D eigenvalue weighted by atomic mass is 35.5. The topological polar surface area (TPSA) is 75.7 Å². The lowest BCUT2D eigenvalue weighted by Crippen LogP contribution is -2.39. The highest BCUT2D eigenvalue weighted by Crippen LogP contribution is 2.15. The Balaban J connectivity index is 1.67. The van der Waals surface area contributed by atoms with Crippen molar-refractivity contribution in [3.05, 3.63) is 29.3 Å². The predicted octanol–water partition coefficient (Wildman–Crippen LogP) is 0.984. The van der Waals surface area contributed by atoms with Gasteiger partial charge in [0.05, 0.1) is 0 Å². The molecule has 1 saturated heterocycles. The van der Waals surface area contributed by atoms with Gasteiger partial charge in [-0.05, 0) is 24.3 Å². The van der Waals surface area contributed by atoms with Crippen LogP contribution in [0.25, 0.3) is 0 Å². The van der Waals surface area contributed by atoms with Crippen LogP contribution in [0.5, 0.6) is 5.75 Å². The Morgan fingerprint density at radius 3 is 2.43 bits per heavy atom. The van der Waals surface area contributed by atoms with Gasteiger partial charge < -0.3 is 10.1 Å². The van der Waals surface area contributed by atoms with Crippen molar-refractivity contribution in [1.29, 1.82) is 0 Å². The SMILES string of the molecule is O=C(COc1ccc(Cl)cc1)NCCN1C(=O)CCC1=O. The molecule has 6 nitrogen and oxygen atoms in total. The fourth-order valence-electron chi connectivity index (χ4n) is 1.91. The number of ether oxygens (including phenoxy) is 1. The van der Waals surface area contributed by atoms with Gasteiger partial charge in [0.25, 0.3) is 5.91 Å². The van der Waals surface area contributed by atoms with Crippen LogP contribution in [0.4, 0.5) is 0 Å². The number of halogens is 1. The maximum absolute atomic E-state index is 11.6. The molecule has 0 saturated carbocycles. The first kappa shape index (κ1) is 15.3. The molecule has 1 fully saturated rings. The second-order valence-corrected chi connectivity index (χ2v) is 4.97. The summed E-state index contributed by atoms with van der Waals surface area (Å²) in [5.74, 6) is -0.151. The van der Waals surface area contributed by atoms with Crippen LogP contribution in [0.2, 0.25) is 5.02 Å². The first-order chi connectivity index (χ1) is 10.1. The third kappa shape index (κ3) is 4.46. The van der Waals surface area contributed by atoms with Gasteiger partial charge in [0.15, 0.2) is 6.61 Å². The second-order valence-electron chi connectivity index (χ2n) is 4.53. The molecule has 1 aromatic carbocycles. The molecule has 0 bridgehead atoms. The number of nitrogens with one attached hydrogen (secondary N) is 1. The minimum Gasteiger partial charge on any atom is -0.484 e. The fourth-order valence-corrected chi connectivity index (χ4v) is 2.04. The molecule has 3 amide bonds. The average Bonchev–Trinajstić information content (AvgIpc) is 2.78. The Kier molecular flexibility index (Phi) is 5.16. The van der Waals surface area contributed by atoms with Gasteiger partial charge in [-0.15, -0.1) is 0 Å². The van der Waals surface area contributed by atoms with E-state index in [1.54, 1.807) is 24.3 Å². The number of benzene rings is 1. The highest BCUT2D eigenvalue weighted by Gasteiger charge is 2.28. The van der Waals surface area contributed by atoms with Gasteiger partial charge in [-0.1, -0.05) is 11.6 Å². The smallest absolute Gasteiger partial charge is 0.258 e. The molecule has 0 radical (unpaired) electrons. The molecule has 0 unspecified atom stereocenters. The molecule has 7 heteroatoms. The lowest BCUT2D eigenvalue weighted by atomic mass is 10.3. The molecule has 1 N–H and O–H groups in total. The predicted molar refractivity (Wildman–Crippen MR) is 75.9 cm³/mol. The van der Waals surface area contributed by atoms with Gasteiger partial charge in [0.2, 0.25) is 11.8 Å². The van der Waals surface area contributed by atoms with Crippen molar-refractivity contribution in [1.82, 2.24) is 10.2 Å². The summed E-state index contributed by atoms with van der Waals surface area (Å²) < 4.78 is 5.27. The number of rotatable bonds is 6. The molecular formula is C14H15ClN2O4. The van der Waals surface area contributed by atoms with E-state index in [0.717, 1.165) is 0 Å². The van der Waals surface area contributed by atoms with E-state index >= 15 is 0 Å². The summed E-state index contributed by atoms with van der Waals surface area (Å²) in [4.78, 5) is 35.4. The van der Waals surface area contributed by atoms with E-state index in [2.05, 4.69) is 5.32 Å². The minimum atomic E-state index is -0.316. The number of carbonyl (C=O) groups excluding carboxylic acids is 3. The summed E-state index contributed by atoms with van der Waals surface area (Å²) in [6.45, 7) is 0.286. The Morgan fingerprint density at radius 1 is 1.19 bits per heavy atom. The maximum atomic E-state index is 11.6. The summed E-state index contributed by atoms with van der Waals surface area (Å²) in [6.07, 6.45) is 0.513. The molecule has 2 rings (SSSR count). The van der Waals surface area contributed by atoms with Crippen molar-refractivity contribution < 1.29 is 19.1 Å². The average molecular weight is 311 g/mol. The molecule has 0 spiro atoms. The summed E-state index contributed by atoms with van der Waals surface area (Å²) >= 11 is 5.73. The Bertz CT molecular complexity index is 528. The van der Waals surface area contributed by atoms with Crippen LogP contribution < -0.4 is 10.1 Å². The van der Waals surface area contributed by atoms with E-state index in [0.29, 0.717) is 10.8 Å². The number of amides is 3. The van der Waals surface area contributed by atoms with Gasteiger partial charge in [0.1, 0.15) is 5.75 Å². The molecule has 0 aromatic heterocycles. The van der Waals surface area contributed by atoms with Crippen LogP contribution in [0.3, 0.4) is 0 Å². The van der Waals surface area contributed by atoms with Crippen molar-refractivity contribution in [2.45, 2.75) is 12.8 Å². The molecule has 1 aromatic rings. The van der Waals surface area contributed by atoms with Crippen LogP contribution in [0, 0.1) is 0 Å². The number of hydrogen-bond acceptors (Lipinski definition) is 4. The van der Waals surface area contributed by atoms with Gasteiger partial charge >= 0.3 is 0 Å². The molecule has 0 atom stereocenters. The summed E-state index contributed by atoms with van der Waals surface area (Å²) in [6, 6.07) is 6.66. The zero-order chi connectivity index (χ0) is 15.2. The number of carbonyl (C=O) groups is 3. The molecule has 1 heterocycles. The lowest BCUT2D eigenvalue weighted by molar-refractivity contribution is -0.138. The zero-order valence-electron chi connectivity index (χ0n) is 11.3.